The number of phenols is 1. The van der Waals surface area contributed by atoms with E-state index in [-0.39, 0.29) is 22.8 Å². The number of benzene rings is 2. The summed E-state index contributed by atoms with van der Waals surface area (Å²) in [6.07, 6.45) is 0. The second-order valence-corrected chi connectivity index (χ2v) is 7.88. The Bertz CT molecular complexity index is 1260. The van der Waals surface area contributed by atoms with Crippen LogP contribution in [-0.2, 0) is 4.74 Å². The quantitative estimate of drug-likeness (QED) is 0.440. The molecule has 8 nitrogen and oxygen atoms in total. The number of fused-ring (bicyclic) bond motifs is 1. The van der Waals surface area contributed by atoms with Crippen LogP contribution in [0.5, 0.6) is 5.75 Å². The Balaban J connectivity index is 1.55. The standard InChI is InChI=1S/C24H23BN2O6/c1-14-17-6-7-18(28)20(22(25)29)21(17)33-24(31)19(14)15-2-4-16(5-3-15)23(30)26-8-9-27-10-12-32-13-11-27/h2-7,28H,8-13H2,1H3,(H,26,30). The number of ether oxygens (including phenoxy) is 1. The fraction of sp³-hybridized carbons (Fsp3) is 0.292. The highest BCUT2D eigenvalue weighted by Gasteiger charge is 2.20. The number of rotatable bonds is 6. The molecule has 0 spiro atoms. The summed E-state index contributed by atoms with van der Waals surface area (Å²) in [6, 6.07) is 9.55. The third-order valence-corrected chi connectivity index (χ3v) is 5.81. The maximum atomic E-state index is 12.8. The first-order chi connectivity index (χ1) is 15.9. The number of amides is 1. The first-order valence-electron chi connectivity index (χ1n) is 10.6. The molecule has 2 aromatic carbocycles. The Morgan fingerprint density at radius 2 is 1.82 bits per heavy atom. The summed E-state index contributed by atoms with van der Waals surface area (Å²) >= 11 is 0. The molecule has 1 aliphatic heterocycles. The van der Waals surface area contributed by atoms with Gasteiger partial charge in [0.15, 0.2) is 13.4 Å². The van der Waals surface area contributed by atoms with Crippen molar-refractivity contribution in [3.8, 4) is 16.9 Å². The van der Waals surface area contributed by atoms with E-state index < -0.39 is 11.3 Å². The predicted molar refractivity (Wildman–Crippen MR) is 124 cm³/mol. The van der Waals surface area contributed by atoms with E-state index in [0.29, 0.717) is 47.4 Å². The molecule has 0 atom stereocenters. The van der Waals surface area contributed by atoms with Gasteiger partial charge in [-0.2, -0.15) is 0 Å². The van der Waals surface area contributed by atoms with Crippen LogP contribution in [0.4, 0.5) is 0 Å². The maximum Gasteiger partial charge on any atom is 0.344 e. The van der Waals surface area contributed by atoms with Gasteiger partial charge in [-0.1, -0.05) is 12.1 Å². The van der Waals surface area contributed by atoms with Crippen LogP contribution in [0.1, 0.15) is 26.3 Å². The molecule has 1 fully saturated rings. The minimum atomic E-state index is -0.891. The predicted octanol–water partition coefficient (Wildman–Crippen LogP) is 1.84. The molecule has 1 amide bonds. The smallest absolute Gasteiger partial charge is 0.344 e. The van der Waals surface area contributed by atoms with Gasteiger partial charge in [0.2, 0.25) is 0 Å². The fourth-order valence-electron chi connectivity index (χ4n) is 4.02. The van der Waals surface area contributed by atoms with Crippen LogP contribution in [0, 0.1) is 6.92 Å². The minimum absolute atomic E-state index is 0.0509. The van der Waals surface area contributed by atoms with Gasteiger partial charge in [0, 0.05) is 37.1 Å². The molecule has 9 heteroatoms. The molecule has 0 unspecified atom stereocenters. The fourth-order valence-corrected chi connectivity index (χ4v) is 4.02. The summed E-state index contributed by atoms with van der Waals surface area (Å²) in [5.74, 6) is -0.548. The summed E-state index contributed by atoms with van der Waals surface area (Å²) < 4.78 is 10.7. The number of morpholine rings is 1. The van der Waals surface area contributed by atoms with Gasteiger partial charge in [-0.3, -0.25) is 9.69 Å². The molecule has 0 bridgehead atoms. The van der Waals surface area contributed by atoms with Crippen molar-refractivity contribution < 1.29 is 23.8 Å². The molecule has 2 N–H and O–H groups in total. The summed E-state index contributed by atoms with van der Waals surface area (Å²) in [5.41, 5.74) is 0.0853. The second-order valence-electron chi connectivity index (χ2n) is 7.88. The molecule has 2 radical (unpaired) electrons. The third-order valence-electron chi connectivity index (χ3n) is 5.81. The zero-order valence-electron chi connectivity index (χ0n) is 18.2. The number of hydrogen-bond acceptors (Lipinski definition) is 7. The van der Waals surface area contributed by atoms with Crippen molar-refractivity contribution in [1.29, 1.82) is 0 Å². The van der Waals surface area contributed by atoms with Crippen molar-refractivity contribution in [2.24, 2.45) is 0 Å². The Morgan fingerprint density at radius 1 is 1.12 bits per heavy atom. The van der Waals surface area contributed by atoms with Crippen molar-refractivity contribution in [1.82, 2.24) is 10.2 Å². The van der Waals surface area contributed by atoms with Crippen molar-refractivity contribution >= 4 is 30.4 Å². The molecule has 4 rings (SSSR count). The molecule has 1 saturated heterocycles. The van der Waals surface area contributed by atoms with Crippen LogP contribution in [0.2, 0.25) is 0 Å². The molecule has 3 aromatic rings. The second kappa shape index (κ2) is 9.60. The summed E-state index contributed by atoms with van der Waals surface area (Å²) in [4.78, 5) is 39.2. The monoisotopic (exact) mass is 446 g/mol. The lowest BCUT2D eigenvalue weighted by molar-refractivity contribution is 0.0383. The molecule has 2 heterocycles. The van der Waals surface area contributed by atoms with Gasteiger partial charge < -0.3 is 24.4 Å². The van der Waals surface area contributed by atoms with E-state index in [9.17, 15) is 19.5 Å². The SMILES string of the molecule is [B]C(=O)c1c(O)ccc2c(C)c(-c3ccc(C(=O)NCCN4CCOCC4)cc3)c(=O)oc12. The third kappa shape index (κ3) is 4.69. The van der Waals surface area contributed by atoms with Crippen LogP contribution in [0.15, 0.2) is 45.6 Å². The first kappa shape index (κ1) is 22.8. The van der Waals surface area contributed by atoms with Gasteiger partial charge in [-0.15, -0.1) is 0 Å². The maximum absolute atomic E-state index is 12.8. The van der Waals surface area contributed by atoms with E-state index in [1.54, 1.807) is 37.3 Å². The summed E-state index contributed by atoms with van der Waals surface area (Å²) in [7, 11) is 5.34. The van der Waals surface area contributed by atoms with Crippen LogP contribution in [0.25, 0.3) is 22.1 Å². The highest BCUT2D eigenvalue weighted by atomic mass is 16.5. The van der Waals surface area contributed by atoms with E-state index in [1.807, 2.05) is 0 Å². The molecule has 33 heavy (non-hydrogen) atoms. The largest absolute Gasteiger partial charge is 0.507 e. The van der Waals surface area contributed by atoms with Crippen molar-refractivity contribution in [2.45, 2.75) is 6.92 Å². The van der Waals surface area contributed by atoms with Crippen LogP contribution in [-0.4, -0.2) is 68.8 Å². The number of aryl methyl sites for hydroxylation is 1. The number of phenolic OH excluding ortho intramolecular Hbond substituents is 1. The Morgan fingerprint density at radius 3 is 2.48 bits per heavy atom. The number of aromatic hydroxyl groups is 1. The molecule has 1 aliphatic rings. The highest BCUT2D eigenvalue weighted by Crippen LogP contribution is 2.32. The van der Waals surface area contributed by atoms with E-state index in [0.717, 1.165) is 19.6 Å². The van der Waals surface area contributed by atoms with E-state index >= 15 is 0 Å². The summed E-state index contributed by atoms with van der Waals surface area (Å²) in [6.45, 7) is 6.15. The Labute approximate surface area is 191 Å². The molecule has 0 aliphatic carbocycles. The molecule has 168 valence electrons. The highest BCUT2D eigenvalue weighted by molar-refractivity contribution is 6.63. The molecular weight excluding hydrogens is 423 g/mol. The normalized spacial score (nSPS) is 14.3. The average molecular weight is 446 g/mol. The molecule has 0 saturated carbocycles. The number of carbonyl (C=O) groups excluding carboxylic acids is 2. The molecule has 1 aromatic heterocycles. The number of carbonyl (C=O) groups is 2. The Kier molecular flexibility index (Phi) is 6.62. The average Bonchev–Trinajstić information content (AvgIpc) is 2.79. The number of nitrogens with one attached hydrogen (secondary N) is 1. The van der Waals surface area contributed by atoms with Crippen LogP contribution in [0.3, 0.4) is 0 Å². The minimum Gasteiger partial charge on any atom is -0.507 e. The first-order valence-corrected chi connectivity index (χ1v) is 10.6. The van der Waals surface area contributed by atoms with Gasteiger partial charge in [0.1, 0.15) is 11.4 Å². The summed E-state index contributed by atoms with van der Waals surface area (Å²) in [5, 5.41) is 13.3. The Hall–Kier alpha value is -3.43. The lowest BCUT2D eigenvalue weighted by Crippen LogP contribution is -2.41. The van der Waals surface area contributed by atoms with Gasteiger partial charge in [-0.25, -0.2) is 4.79 Å². The zero-order valence-corrected chi connectivity index (χ0v) is 18.2. The van der Waals surface area contributed by atoms with Crippen molar-refractivity contribution in [3.63, 3.8) is 0 Å². The van der Waals surface area contributed by atoms with E-state index in [1.165, 1.54) is 6.07 Å². The van der Waals surface area contributed by atoms with Gasteiger partial charge in [-0.05, 0) is 42.3 Å². The number of hydrogen-bond donors (Lipinski definition) is 2. The van der Waals surface area contributed by atoms with Gasteiger partial charge in [0.05, 0.1) is 24.3 Å². The molecular formula is C24H23BN2O6. The number of nitrogens with zero attached hydrogens (tertiary/aromatic N) is 1. The van der Waals surface area contributed by atoms with Gasteiger partial charge in [0.25, 0.3) is 5.91 Å². The van der Waals surface area contributed by atoms with Crippen LogP contribution >= 0.6 is 0 Å². The topological polar surface area (TPSA) is 109 Å². The van der Waals surface area contributed by atoms with E-state index in [4.69, 9.17) is 17.0 Å². The van der Waals surface area contributed by atoms with Crippen LogP contribution < -0.4 is 10.9 Å². The van der Waals surface area contributed by atoms with Gasteiger partial charge >= 0.3 is 5.63 Å². The van der Waals surface area contributed by atoms with E-state index in [2.05, 4.69) is 10.2 Å². The van der Waals surface area contributed by atoms with Crippen molar-refractivity contribution in [2.75, 3.05) is 39.4 Å². The zero-order chi connectivity index (χ0) is 23.5. The lowest BCUT2D eigenvalue weighted by Gasteiger charge is -2.26. The van der Waals surface area contributed by atoms with Crippen molar-refractivity contribution in [3.05, 3.63) is 63.5 Å². The lowest BCUT2D eigenvalue weighted by atomic mass is 9.90.